The zero-order valence-electron chi connectivity index (χ0n) is 12.5. The van der Waals surface area contributed by atoms with Gasteiger partial charge in [-0.15, -0.1) is 0 Å². The van der Waals surface area contributed by atoms with Gasteiger partial charge < -0.3 is 10.6 Å². The molecule has 0 radical (unpaired) electrons. The topological polar surface area (TPSA) is 54.0 Å². The molecule has 0 saturated carbocycles. The summed E-state index contributed by atoms with van der Waals surface area (Å²) in [4.78, 5) is 16.8. The number of hydrogen-bond donors (Lipinski definition) is 2. The third-order valence-electron chi connectivity index (χ3n) is 4.43. The van der Waals surface area contributed by atoms with E-state index in [2.05, 4.69) is 32.4 Å². The average molecular weight is 323 g/mol. The first-order valence-corrected chi connectivity index (χ1v) is 8.63. The van der Waals surface area contributed by atoms with Crippen LogP contribution >= 0.6 is 11.3 Å². The molecule has 5 heteroatoms. The van der Waals surface area contributed by atoms with Gasteiger partial charge >= 0.3 is 0 Å². The lowest BCUT2D eigenvalue weighted by molar-refractivity contribution is -0.119. The minimum Gasteiger partial charge on any atom is -0.326 e. The Bertz CT molecular complexity index is 831. The van der Waals surface area contributed by atoms with Gasteiger partial charge in [0.1, 0.15) is 0 Å². The van der Waals surface area contributed by atoms with E-state index in [1.54, 1.807) is 17.5 Å². The highest BCUT2D eigenvalue weighted by atomic mass is 32.1. The average Bonchev–Trinajstić information content (AvgIpc) is 3.25. The van der Waals surface area contributed by atoms with E-state index in [0.717, 1.165) is 29.5 Å². The van der Waals surface area contributed by atoms with Crippen molar-refractivity contribution in [2.75, 3.05) is 18.4 Å². The number of carbonyl (C=O) groups excluding carboxylic acids is 1. The molecule has 2 N–H and O–H groups in total. The van der Waals surface area contributed by atoms with Crippen LogP contribution in [-0.4, -0.2) is 24.0 Å². The maximum Gasteiger partial charge on any atom is 0.229 e. The first-order valence-electron chi connectivity index (χ1n) is 7.69. The van der Waals surface area contributed by atoms with Crippen molar-refractivity contribution in [3.8, 4) is 0 Å². The zero-order valence-corrected chi connectivity index (χ0v) is 13.3. The Kier molecular flexibility index (Phi) is 3.81. The number of rotatable bonds is 3. The van der Waals surface area contributed by atoms with Crippen molar-refractivity contribution in [2.45, 2.75) is 5.92 Å². The van der Waals surface area contributed by atoms with Crippen LogP contribution in [0.25, 0.3) is 10.8 Å². The number of nitrogens with zero attached hydrogens (tertiary/aromatic N) is 1. The number of carbonyl (C=O) groups is 1. The molecule has 1 aromatic carbocycles. The highest BCUT2D eigenvalue weighted by Crippen LogP contribution is 2.30. The van der Waals surface area contributed by atoms with E-state index >= 15 is 0 Å². The van der Waals surface area contributed by atoms with Crippen LogP contribution in [0.1, 0.15) is 11.5 Å². The molecule has 2 aromatic heterocycles. The second kappa shape index (κ2) is 6.10. The molecule has 0 bridgehead atoms. The van der Waals surface area contributed by atoms with Crippen LogP contribution in [0.3, 0.4) is 0 Å². The molecular formula is C18H17N3OS. The fourth-order valence-corrected chi connectivity index (χ4v) is 3.91. The number of thiophene rings is 1. The van der Waals surface area contributed by atoms with E-state index in [1.807, 2.05) is 30.5 Å². The van der Waals surface area contributed by atoms with Crippen LogP contribution in [0.5, 0.6) is 0 Å². The highest BCUT2D eigenvalue weighted by molar-refractivity contribution is 7.08. The number of benzene rings is 1. The van der Waals surface area contributed by atoms with Gasteiger partial charge in [-0.3, -0.25) is 9.78 Å². The molecule has 2 atom stereocenters. The highest BCUT2D eigenvalue weighted by Gasteiger charge is 2.34. The van der Waals surface area contributed by atoms with Crippen molar-refractivity contribution in [1.29, 1.82) is 0 Å². The third kappa shape index (κ3) is 2.85. The first kappa shape index (κ1) is 14.4. The van der Waals surface area contributed by atoms with Crippen LogP contribution in [0, 0.1) is 5.92 Å². The van der Waals surface area contributed by atoms with Crippen molar-refractivity contribution < 1.29 is 4.79 Å². The molecule has 0 spiro atoms. The Balaban J connectivity index is 1.54. The Morgan fingerprint density at radius 2 is 2.17 bits per heavy atom. The summed E-state index contributed by atoms with van der Waals surface area (Å²) in [5.41, 5.74) is 2.09. The predicted molar refractivity (Wildman–Crippen MR) is 93.8 cm³/mol. The largest absolute Gasteiger partial charge is 0.326 e. The van der Waals surface area contributed by atoms with E-state index in [1.165, 1.54) is 5.56 Å². The molecule has 1 aliphatic heterocycles. The monoisotopic (exact) mass is 323 g/mol. The lowest BCUT2D eigenvalue weighted by Crippen LogP contribution is -2.27. The fraction of sp³-hybridized carbons (Fsp3) is 0.222. The Hall–Kier alpha value is -2.24. The number of aromatic nitrogens is 1. The summed E-state index contributed by atoms with van der Waals surface area (Å²) >= 11 is 1.68. The maximum absolute atomic E-state index is 12.7. The molecule has 116 valence electrons. The van der Waals surface area contributed by atoms with Gasteiger partial charge in [-0.2, -0.15) is 11.3 Å². The van der Waals surface area contributed by atoms with Gasteiger partial charge in [0.05, 0.1) is 5.92 Å². The molecule has 23 heavy (non-hydrogen) atoms. The van der Waals surface area contributed by atoms with E-state index in [0.29, 0.717) is 0 Å². The quantitative estimate of drug-likeness (QED) is 0.778. The van der Waals surface area contributed by atoms with Crippen molar-refractivity contribution in [3.05, 3.63) is 59.0 Å². The number of fused-ring (bicyclic) bond motifs is 1. The van der Waals surface area contributed by atoms with E-state index in [-0.39, 0.29) is 17.7 Å². The van der Waals surface area contributed by atoms with Crippen LogP contribution < -0.4 is 10.6 Å². The number of nitrogens with one attached hydrogen (secondary N) is 2. The molecule has 3 heterocycles. The summed E-state index contributed by atoms with van der Waals surface area (Å²) in [5.74, 6) is 0.309. The Morgan fingerprint density at radius 3 is 3.04 bits per heavy atom. The van der Waals surface area contributed by atoms with Gasteiger partial charge in [-0.25, -0.2) is 0 Å². The lowest BCUT2D eigenvalue weighted by Gasteiger charge is -2.17. The number of amides is 1. The molecule has 1 amide bonds. The minimum absolute atomic E-state index is 0.0299. The van der Waals surface area contributed by atoms with Crippen molar-refractivity contribution >= 4 is 33.7 Å². The number of hydrogen-bond acceptors (Lipinski definition) is 4. The van der Waals surface area contributed by atoms with Gasteiger partial charge in [0.25, 0.3) is 0 Å². The number of pyridine rings is 1. The Labute approximate surface area is 138 Å². The van der Waals surface area contributed by atoms with Gasteiger partial charge in [-0.1, -0.05) is 6.07 Å². The van der Waals surface area contributed by atoms with Crippen LogP contribution in [0.2, 0.25) is 0 Å². The standard InChI is InChI=1S/C18H17N3OS/c22-18(17-10-20-9-16(17)14-4-6-23-11-14)21-15-2-1-13-8-19-5-3-12(13)7-15/h1-8,11,16-17,20H,9-10H2,(H,21,22)/t16-,17+/m0/s1. The molecule has 0 aliphatic carbocycles. The fourth-order valence-electron chi connectivity index (χ4n) is 3.19. The Morgan fingerprint density at radius 1 is 1.22 bits per heavy atom. The third-order valence-corrected chi connectivity index (χ3v) is 5.13. The summed E-state index contributed by atoms with van der Waals surface area (Å²) in [7, 11) is 0. The minimum atomic E-state index is -0.0299. The van der Waals surface area contributed by atoms with Gasteiger partial charge in [0.2, 0.25) is 5.91 Å². The second-order valence-electron chi connectivity index (χ2n) is 5.85. The van der Waals surface area contributed by atoms with Gasteiger partial charge in [-0.05, 0) is 46.0 Å². The summed E-state index contributed by atoms with van der Waals surface area (Å²) < 4.78 is 0. The van der Waals surface area contributed by atoms with Crippen molar-refractivity contribution in [3.63, 3.8) is 0 Å². The summed E-state index contributed by atoms with van der Waals surface area (Å²) in [6.45, 7) is 1.59. The molecule has 1 fully saturated rings. The smallest absolute Gasteiger partial charge is 0.229 e. The summed E-state index contributed by atoms with van der Waals surface area (Å²) in [6.07, 6.45) is 3.59. The lowest BCUT2D eigenvalue weighted by atomic mass is 9.90. The van der Waals surface area contributed by atoms with Crippen LogP contribution in [0.15, 0.2) is 53.5 Å². The van der Waals surface area contributed by atoms with E-state index < -0.39 is 0 Å². The molecule has 0 unspecified atom stereocenters. The van der Waals surface area contributed by atoms with Crippen molar-refractivity contribution in [1.82, 2.24) is 10.3 Å². The van der Waals surface area contributed by atoms with Crippen LogP contribution in [-0.2, 0) is 4.79 Å². The first-order chi connectivity index (χ1) is 11.3. The van der Waals surface area contributed by atoms with Crippen molar-refractivity contribution in [2.24, 2.45) is 5.92 Å². The molecular weight excluding hydrogens is 306 g/mol. The molecule has 1 saturated heterocycles. The number of anilines is 1. The van der Waals surface area contributed by atoms with E-state index in [9.17, 15) is 4.79 Å². The second-order valence-corrected chi connectivity index (χ2v) is 6.63. The molecule has 3 aromatic rings. The summed E-state index contributed by atoms with van der Waals surface area (Å²) in [6, 6.07) is 9.99. The van der Waals surface area contributed by atoms with Gasteiger partial charge in [0, 0.05) is 42.5 Å². The SMILES string of the molecule is O=C(Nc1ccc2cnccc2c1)[C@@H]1CNC[C@H]1c1ccsc1. The maximum atomic E-state index is 12.7. The summed E-state index contributed by atoms with van der Waals surface area (Å²) in [5, 5.41) is 12.8. The molecule has 4 nitrogen and oxygen atoms in total. The molecule has 1 aliphatic rings. The predicted octanol–water partition coefficient (Wildman–Crippen LogP) is 3.24. The van der Waals surface area contributed by atoms with Crippen LogP contribution in [0.4, 0.5) is 5.69 Å². The van der Waals surface area contributed by atoms with E-state index in [4.69, 9.17) is 0 Å². The zero-order chi connectivity index (χ0) is 15.6. The normalized spacial score (nSPS) is 20.7. The van der Waals surface area contributed by atoms with Gasteiger partial charge in [0.15, 0.2) is 0 Å². The molecule has 4 rings (SSSR count).